The second-order valence-electron chi connectivity index (χ2n) is 7.66. The van der Waals surface area contributed by atoms with Crippen molar-refractivity contribution in [1.82, 2.24) is 14.5 Å². The fraction of sp³-hybridized carbons (Fsp3) is 0.115. The van der Waals surface area contributed by atoms with Crippen molar-refractivity contribution in [3.05, 3.63) is 101 Å². The molecule has 0 saturated carbocycles. The maximum atomic E-state index is 13.6. The third kappa shape index (κ3) is 3.90. The van der Waals surface area contributed by atoms with Gasteiger partial charge in [0.2, 0.25) is 11.7 Å². The van der Waals surface area contributed by atoms with E-state index in [2.05, 4.69) is 14.5 Å². The number of carbonyl (C=O) groups is 1. The molecule has 7 heteroatoms. The van der Waals surface area contributed by atoms with E-state index < -0.39 is 0 Å². The third-order valence-electron chi connectivity index (χ3n) is 5.68. The Kier molecular flexibility index (Phi) is 5.44. The van der Waals surface area contributed by atoms with Crippen LogP contribution in [0.3, 0.4) is 0 Å². The van der Waals surface area contributed by atoms with E-state index in [1.54, 1.807) is 31.6 Å². The number of halogens is 1. The number of rotatable bonds is 6. The van der Waals surface area contributed by atoms with Crippen molar-refractivity contribution < 1.29 is 13.9 Å². The fourth-order valence-electron chi connectivity index (χ4n) is 3.98. The molecule has 164 valence electrons. The summed E-state index contributed by atoms with van der Waals surface area (Å²) in [5.74, 6) is 0.850. The predicted molar refractivity (Wildman–Crippen MR) is 127 cm³/mol. The Morgan fingerprint density at radius 1 is 1.09 bits per heavy atom. The highest BCUT2D eigenvalue weighted by molar-refractivity contribution is 6.30. The molecule has 0 N–H and O–H groups in total. The third-order valence-corrected chi connectivity index (χ3v) is 5.93. The molecular formula is C26H20ClN3O3. The van der Waals surface area contributed by atoms with Gasteiger partial charge in [0.1, 0.15) is 12.0 Å². The lowest BCUT2D eigenvalue weighted by Gasteiger charge is -2.09. The van der Waals surface area contributed by atoms with Crippen LogP contribution < -0.4 is 4.74 Å². The number of oxazole rings is 1. The van der Waals surface area contributed by atoms with Gasteiger partial charge in [0.05, 0.1) is 12.7 Å². The van der Waals surface area contributed by atoms with E-state index in [0.29, 0.717) is 28.8 Å². The van der Waals surface area contributed by atoms with E-state index in [1.807, 2.05) is 49.4 Å². The fourth-order valence-corrected chi connectivity index (χ4v) is 4.11. The first-order valence-corrected chi connectivity index (χ1v) is 10.7. The highest BCUT2D eigenvalue weighted by atomic mass is 35.5. The van der Waals surface area contributed by atoms with Crippen LogP contribution in [-0.2, 0) is 6.54 Å². The van der Waals surface area contributed by atoms with Crippen LogP contribution >= 0.6 is 11.6 Å². The van der Waals surface area contributed by atoms with Gasteiger partial charge < -0.3 is 13.7 Å². The van der Waals surface area contributed by atoms with Gasteiger partial charge >= 0.3 is 0 Å². The molecule has 3 heterocycles. The molecule has 5 rings (SSSR count). The SMILES string of the molecule is COc1ccc2c(c1)c(C(=O)c1coc(-c3ccncc3)n1)c(C)n2Cc1ccc(Cl)cc1. The number of methoxy groups -OCH3 is 1. The van der Waals surface area contributed by atoms with Gasteiger partial charge in [0.25, 0.3) is 0 Å². The Labute approximate surface area is 195 Å². The molecule has 0 radical (unpaired) electrons. The lowest BCUT2D eigenvalue weighted by molar-refractivity contribution is 0.103. The molecule has 2 aromatic carbocycles. The zero-order valence-electron chi connectivity index (χ0n) is 18.1. The second kappa shape index (κ2) is 8.56. The largest absolute Gasteiger partial charge is 0.497 e. The summed E-state index contributed by atoms with van der Waals surface area (Å²) in [6.07, 6.45) is 4.71. The van der Waals surface area contributed by atoms with E-state index in [0.717, 1.165) is 27.7 Å². The van der Waals surface area contributed by atoms with Gasteiger partial charge in [0.15, 0.2) is 5.69 Å². The molecule has 0 fully saturated rings. The summed E-state index contributed by atoms with van der Waals surface area (Å²) in [7, 11) is 1.61. The number of ketones is 1. The van der Waals surface area contributed by atoms with Crippen LogP contribution in [0.5, 0.6) is 5.75 Å². The van der Waals surface area contributed by atoms with Gasteiger partial charge in [-0.05, 0) is 55.0 Å². The van der Waals surface area contributed by atoms with Gasteiger partial charge in [-0.3, -0.25) is 9.78 Å². The second-order valence-corrected chi connectivity index (χ2v) is 8.10. The first kappa shape index (κ1) is 21.0. The minimum Gasteiger partial charge on any atom is -0.497 e. The summed E-state index contributed by atoms with van der Waals surface area (Å²) in [4.78, 5) is 22.1. The number of hydrogen-bond acceptors (Lipinski definition) is 5. The Morgan fingerprint density at radius 3 is 2.58 bits per heavy atom. The van der Waals surface area contributed by atoms with Crippen LogP contribution in [0.2, 0.25) is 5.02 Å². The highest BCUT2D eigenvalue weighted by Gasteiger charge is 2.24. The minimum atomic E-state index is -0.204. The Balaban J connectivity index is 1.61. The highest BCUT2D eigenvalue weighted by Crippen LogP contribution is 2.32. The van der Waals surface area contributed by atoms with Crippen LogP contribution in [0, 0.1) is 6.92 Å². The van der Waals surface area contributed by atoms with E-state index in [4.69, 9.17) is 20.8 Å². The lowest BCUT2D eigenvalue weighted by Crippen LogP contribution is -2.06. The topological polar surface area (TPSA) is 70.2 Å². The summed E-state index contributed by atoms with van der Waals surface area (Å²) in [6.45, 7) is 2.54. The molecule has 0 spiro atoms. The first-order chi connectivity index (χ1) is 16.0. The molecule has 0 aliphatic carbocycles. The molecule has 0 unspecified atom stereocenters. The van der Waals surface area contributed by atoms with Crippen LogP contribution in [0.4, 0.5) is 0 Å². The Bertz CT molecular complexity index is 1450. The standard InChI is InChI=1S/C26H20ClN3O3/c1-16-24(25(31)22-15-33-26(29-22)18-9-11-28-12-10-18)21-13-20(32-2)7-8-23(21)30(16)14-17-3-5-19(27)6-4-17/h3-13,15H,14H2,1-2H3. The van der Waals surface area contributed by atoms with Crippen molar-refractivity contribution in [2.75, 3.05) is 7.11 Å². The minimum absolute atomic E-state index is 0.204. The maximum absolute atomic E-state index is 13.6. The van der Waals surface area contributed by atoms with Gasteiger partial charge in [-0.1, -0.05) is 23.7 Å². The maximum Gasteiger partial charge on any atom is 0.226 e. The molecule has 5 aromatic rings. The zero-order valence-corrected chi connectivity index (χ0v) is 18.8. The van der Waals surface area contributed by atoms with Crippen LogP contribution in [-0.4, -0.2) is 27.4 Å². The summed E-state index contributed by atoms with van der Waals surface area (Å²) >= 11 is 6.05. The Morgan fingerprint density at radius 2 is 1.85 bits per heavy atom. The van der Waals surface area contributed by atoms with E-state index in [9.17, 15) is 4.79 Å². The van der Waals surface area contributed by atoms with Gasteiger partial charge in [0, 0.05) is 46.1 Å². The first-order valence-electron chi connectivity index (χ1n) is 10.4. The predicted octanol–water partition coefficient (Wildman–Crippen LogP) is 5.94. The number of ether oxygens (including phenoxy) is 1. The van der Waals surface area contributed by atoms with Gasteiger partial charge in [-0.25, -0.2) is 4.98 Å². The number of carbonyl (C=O) groups excluding carboxylic acids is 1. The van der Waals surface area contributed by atoms with E-state index in [-0.39, 0.29) is 11.5 Å². The van der Waals surface area contributed by atoms with Gasteiger partial charge in [-0.2, -0.15) is 0 Å². The summed E-state index contributed by atoms with van der Waals surface area (Å²) in [5, 5.41) is 1.49. The normalized spacial score (nSPS) is 11.1. The molecule has 0 saturated heterocycles. The molecule has 33 heavy (non-hydrogen) atoms. The number of aromatic nitrogens is 3. The van der Waals surface area contributed by atoms with Gasteiger partial charge in [-0.15, -0.1) is 0 Å². The van der Waals surface area contributed by atoms with Crippen LogP contribution in [0.15, 0.2) is 77.7 Å². The molecule has 0 aliphatic rings. The molecule has 0 amide bonds. The van der Waals surface area contributed by atoms with Crippen LogP contribution in [0.25, 0.3) is 22.4 Å². The molecule has 0 aliphatic heterocycles. The monoisotopic (exact) mass is 457 g/mol. The zero-order chi connectivity index (χ0) is 22.9. The average Bonchev–Trinajstić information content (AvgIpc) is 3.44. The Hall–Kier alpha value is -3.90. The van der Waals surface area contributed by atoms with Crippen molar-refractivity contribution >= 4 is 28.3 Å². The number of hydrogen-bond donors (Lipinski definition) is 0. The average molecular weight is 458 g/mol. The lowest BCUT2D eigenvalue weighted by atomic mass is 10.0. The number of fused-ring (bicyclic) bond motifs is 1. The quantitative estimate of drug-likeness (QED) is 0.295. The van der Waals surface area contributed by atoms with Crippen molar-refractivity contribution in [3.8, 4) is 17.2 Å². The molecule has 0 bridgehead atoms. The van der Waals surface area contributed by atoms with E-state index >= 15 is 0 Å². The summed E-state index contributed by atoms with van der Waals surface area (Å²) < 4.78 is 13.2. The summed E-state index contributed by atoms with van der Waals surface area (Å²) in [6, 6.07) is 17.0. The summed E-state index contributed by atoms with van der Waals surface area (Å²) in [5.41, 5.74) is 4.44. The number of nitrogens with zero attached hydrogens (tertiary/aromatic N) is 3. The van der Waals surface area contributed by atoms with Crippen molar-refractivity contribution in [2.24, 2.45) is 0 Å². The molecule has 0 atom stereocenters. The van der Waals surface area contributed by atoms with Crippen molar-refractivity contribution in [1.29, 1.82) is 0 Å². The van der Waals surface area contributed by atoms with Crippen LogP contribution in [0.1, 0.15) is 27.3 Å². The number of pyridine rings is 1. The number of benzene rings is 2. The van der Waals surface area contributed by atoms with Crippen molar-refractivity contribution in [3.63, 3.8) is 0 Å². The molecule has 6 nitrogen and oxygen atoms in total. The van der Waals surface area contributed by atoms with E-state index in [1.165, 1.54) is 6.26 Å². The molecule has 3 aromatic heterocycles. The van der Waals surface area contributed by atoms with Crippen molar-refractivity contribution in [2.45, 2.75) is 13.5 Å². The smallest absolute Gasteiger partial charge is 0.226 e. The molecular weight excluding hydrogens is 438 g/mol.